The van der Waals surface area contributed by atoms with Gasteiger partial charge in [0.05, 0.1) is 12.1 Å². The summed E-state index contributed by atoms with van der Waals surface area (Å²) in [4.78, 5) is 16.8. The van der Waals surface area contributed by atoms with Crippen molar-refractivity contribution in [2.24, 2.45) is 11.3 Å². The number of hydrogen-bond donors (Lipinski definition) is 2. The molecule has 1 spiro atoms. The first-order valence-corrected chi connectivity index (χ1v) is 9.20. The van der Waals surface area contributed by atoms with E-state index >= 15 is 0 Å². The predicted molar refractivity (Wildman–Crippen MR) is 84.7 cm³/mol. The molecule has 4 rings (SSSR count). The molecule has 22 heavy (non-hydrogen) atoms. The maximum Gasteiger partial charge on any atom is 0.315 e. The highest BCUT2D eigenvalue weighted by Gasteiger charge is 2.67. The minimum Gasteiger partial charge on any atom is -0.377 e. The monoisotopic (exact) mass is 321 g/mol. The first-order valence-electron chi connectivity index (χ1n) is 8.32. The van der Waals surface area contributed by atoms with E-state index in [0.29, 0.717) is 18.1 Å². The fraction of sp³-hybridized carbons (Fsp3) is 0.750. The van der Waals surface area contributed by atoms with Crippen molar-refractivity contribution < 1.29 is 9.53 Å². The second-order valence-corrected chi connectivity index (χ2v) is 7.68. The minimum absolute atomic E-state index is 0.00745. The lowest BCUT2D eigenvalue weighted by Crippen LogP contribution is -2.72. The molecule has 2 N–H and O–H groups in total. The molecule has 1 saturated heterocycles. The van der Waals surface area contributed by atoms with Gasteiger partial charge in [0.25, 0.3) is 0 Å². The molecule has 4 unspecified atom stereocenters. The van der Waals surface area contributed by atoms with Crippen molar-refractivity contribution in [2.75, 3.05) is 6.61 Å². The molecule has 2 saturated carbocycles. The number of thiazole rings is 1. The molecule has 1 aromatic heterocycles. The maximum atomic E-state index is 12.4. The first-order chi connectivity index (χ1) is 10.7. The van der Waals surface area contributed by atoms with Crippen LogP contribution >= 0.6 is 11.3 Å². The Hall–Kier alpha value is -1.14. The highest BCUT2D eigenvalue weighted by atomic mass is 32.1. The van der Waals surface area contributed by atoms with E-state index in [2.05, 4.69) is 22.5 Å². The zero-order chi connectivity index (χ0) is 15.2. The van der Waals surface area contributed by atoms with E-state index in [1.165, 1.54) is 19.3 Å². The zero-order valence-electron chi connectivity index (χ0n) is 12.9. The van der Waals surface area contributed by atoms with Crippen molar-refractivity contribution in [1.82, 2.24) is 15.6 Å². The van der Waals surface area contributed by atoms with Gasteiger partial charge < -0.3 is 15.4 Å². The third-order valence-electron chi connectivity index (χ3n) is 5.79. The summed E-state index contributed by atoms with van der Waals surface area (Å²) in [7, 11) is 0. The number of aromatic nitrogens is 1. The third-order valence-corrected chi connectivity index (χ3v) is 6.67. The number of amides is 2. The van der Waals surface area contributed by atoms with Crippen molar-refractivity contribution in [3.05, 3.63) is 16.6 Å². The van der Waals surface area contributed by atoms with E-state index in [4.69, 9.17) is 4.74 Å². The van der Waals surface area contributed by atoms with Crippen molar-refractivity contribution in [3.63, 3.8) is 0 Å². The van der Waals surface area contributed by atoms with Crippen LogP contribution in [0.1, 0.15) is 50.1 Å². The van der Waals surface area contributed by atoms with Crippen molar-refractivity contribution >= 4 is 17.4 Å². The van der Waals surface area contributed by atoms with E-state index in [9.17, 15) is 4.79 Å². The number of carbonyl (C=O) groups excluding carboxylic acids is 1. The van der Waals surface area contributed by atoms with Crippen LogP contribution in [0.15, 0.2) is 11.6 Å². The average Bonchev–Trinajstić information content (AvgIpc) is 3.11. The van der Waals surface area contributed by atoms with Gasteiger partial charge in [-0.15, -0.1) is 11.3 Å². The van der Waals surface area contributed by atoms with Gasteiger partial charge in [-0.3, -0.25) is 0 Å². The molecule has 0 aromatic carbocycles. The summed E-state index contributed by atoms with van der Waals surface area (Å²) in [6.07, 6.45) is 7.78. The highest BCUT2D eigenvalue weighted by Crippen LogP contribution is 2.62. The van der Waals surface area contributed by atoms with Crippen LogP contribution in [0.2, 0.25) is 0 Å². The number of urea groups is 1. The lowest BCUT2D eigenvalue weighted by atomic mass is 9.46. The molecule has 4 atom stereocenters. The molecule has 2 heterocycles. The van der Waals surface area contributed by atoms with Gasteiger partial charge in [0, 0.05) is 35.6 Å². The van der Waals surface area contributed by atoms with Gasteiger partial charge in [0.1, 0.15) is 5.01 Å². The quantitative estimate of drug-likeness (QED) is 0.896. The molecule has 6 heteroatoms. The van der Waals surface area contributed by atoms with E-state index in [1.54, 1.807) is 17.5 Å². The number of nitrogens with zero attached hydrogens (tertiary/aromatic N) is 1. The Balaban J connectivity index is 1.39. The van der Waals surface area contributed by atoms with Crippen LogP contribution in [-0.2, 0) is 4.74 Å². The number of ether oxygens (including phenoxy) is 1. The summed E-state index contributed by atoms with van der Waals surface area (Å²) >= 11 is 1.59. The largest absolute Gasteiger partial charge is 0.377 e. The molecular formula is C16H23N3O2S. The number of hydrogen-bond acceptors (Lipinski definition) is 4. The summed E-state index contributed by atoms with van der Waals surface area (Å²) in [5.74, 6) is 0.519. The SMILES string of the molecule is CCC(NC(=O)NC1C2CCOC2C12CCC2)c1nccs1. The van der Waals surface area contributed by atoms with Crippen molar-refractivity contribution in [1.29, 1.82) is 0 Å². The summed E-state index contributed by atoms with van der Waals surface area (Å²) < 4.78 is 5.90. The zero-order valence-corrected chi connectivity index (χ0v) is 13.7. The van der Waals surface area contributed by atoms with Crippen molar-refractivity contribution in [3.8, 4) is 0 Å². The highest BCUT2D eigenvalue weighted by molar-refractivity contribution is 7.09. The molecule has 2 amide bonds. The summed E-state index contributed by atoms with van der Waals surface area (Å²) in [6, 6.07) is 0.249. The van der Waals surface area contributed by atoms with Crippen LogP contribution in [0.5, 0.6) is 0 Å². The van der Waals surface area contributed by atoms with Gasteiger partial charge in [0.15, 0.2) is 0 Å². The Kier molecular flexibility index (Phi) is 3.61. The number of carbonyl (C=O) groups is 1. The number of nitrogens with one attached hydrogen (secondary N) is 2. The van der Waals surface area contributed by atoms with E-state index in [1.807, 2.05) is 5.38 Å². The summed E-state index contributed by atoms with van der Waals surface area (Å²) in [6.45, 7) is 2.93. The fourth-order valence-electron chi connectivity index (χ4n) is 4.54. The van der Waals surface area contributed by atoms with Crippen LogP contribution < -0.4 is 10.6 Å². The van der Waals surface area contributed by atoms with Crippen molar-refractivity contribution in [2.45, 2.75) is 57.2 Å². The second kappa shape index (κ2) is 5.49. The van der Waals surface area contributed by atoms with E-state index < -0.39 is 0 Å². The average molecular weight is 321 g/mol. The van der Waals surface area contributed by atoms with Crippen LogP contribution in [0, 0.1) is 11.3 Å². The Morgan fingerprint density at radius 1 is 1.59 bits per heavy atom. The predicted octanol–water partition coefficient (Wildman–Crippen LogP) is 2.85. The Bertz CT molecular complexity index is 544. The van der Waals surface area contributed by atoms with Gasteiger partial charge in [-0.25, -0.2) is 9.78 Å². The smallest absolute Gasteiger partial charge is 0.315 e. The van der Waals surface area contributed by atoms with Gasteiger partial charge in [-0.2, -0.15) is 0 Å². The number of fused-ring (bicyclic) bond motifs is 2. The maximum absolute atomic E-state index is 12.4. The summed E-state index contributed by atoms with van der Waals surface area (Å²) in [5, 5.41) is 9.28. The van der Waals surface area contributed by atoms with Gasteiger partial charge in [-0.1, -0.05) is 13.3 Å². The molecular weight excluding hydrogens is 298 g/mol. The Labute approximate surface area is 134 Å². The molecule has 1 aliphatic heterocycles. The molecule has 3 fully saturated rings. The molecule has 0 bridgehead atoms. The molecule has 0 radical (unpaired) electrons. The fourth-order valence-corrected chi connectivity index (χ4v) is 5.31. The standard InChI is InChI=1S/C16H23N3O2S/c1-2-11(14-17-7-9-22-14)18-15(20)19-12-10-4-8-21-13(10)16(12)5-3-6-16/h7,9-13H,2-6,8H2,1H3,(H2,18,19,20). The molecule has 2 aliphatic carbocycles. The Morgan fingerprint density at radius 3 is 3.09 bits per heavy atom. The van der Waals surface area contributed by atoms with E-state index in [0.717, 1.165) is 24.5 Å². The lowest BCUT2D eigenvalue weighted by molar-refractivity contribution is -0.172. The van der Waals surface area contributed by atoms with Gasteiger partial charge >= 0.3 is 6.03 Å². The first kappa shape index (κ1) is 14.5. The van der Waals surface area contributed by atoms with Crippen LogP contribution in [0.3, 0.4) is 0 Å². The van der Waals surface area contributed by atoms with Gasteiger partial charge in [-0.05, 0) is 25.7 Å². The Morgan fingerprint density at radius 2 is 2.45 bits per heavy atom. The third kappa shape index (κ3) is 2.07. The van der Waals surface area contributed by atoms with Crippen LogP contribution in [0.4, 0.5) is 4.79 Å². The molecule has 120 valence electrons. The summed E-state index contributed by atoms with van der Waals surface area (Å²) in [5.41, 5.74) is 0.237. The van der Waals surface area contributed by atoms with E-state index in [-0.39, 0.29) is 17.5 Å². The molecule has 1 aromatic rings. The topological polar surface area (TPSA) is 63.2 Å². The lowest BCUT2D eigenvalue weighted by Gasteiger charge is -2.63. The molecule has 3 aliphatic rings. The van der Waals surface area contributed by atoms with Crippen LogP contribution in [-0.4, -0.2) is 29.8 Å². The second-order valence-electron chi connectivity index (χ2n) is 6.76. The normalized spacial score (nSPS) is 32.7. The minimum atomic E-state index is -0.0522. The van der Waals surface area contributed by atoms with Crippen LogP contribution in [0.25, 0.3) is 0 Å². The molecule has 5 nitrogen and oxygen atoms in total. The van der Waals surface area contributed by atoms with Gasteiger partial charge in [0.2, 0.25) is 0 Å². The number of rotatable bonds is 4.